The van der Waals surface area contributed by atoms with Gasteiger partial charge in [-0.05, 0) is 49.6 Å². The second kappa shape index (κ2) is 9.32. The van der Waals surface area contributed by atoms with Gasteiger partial charge in [0, 0.05) is 43.0 Å². The number of hydrogen-bond donors (Lipinski definition) is 0. The Labute approximate surface area is 185 Å². The van der Waals surface area contributed by atoms with E-state index in [1.54, 1.807) is 54.3 Å². The van der Waals surface area contributed by atoms with Gasteiger partial charge in [0.25, 0.3) is 11.6 Å². The number of carbonyl (C=O) groups is 1. The topological polar surface area (TPSA) is 79.8 Å². The maximum atomic E-state index is 14.3. The van der Waals surface area contributed by atoms with E-state index in [2.05, 4.69) is 4.90 Å². The second-order valence-electron chi connectivity index (χ2n) is 7.98. The third-order valence-corrected chi connectivity index (χ3v) is 5.89. The lowest BCUT2D eigenvalue weighted by molar-refractivity contribution is -0.385. The molecule has 8 heteroatoms. The molecule has 0 spiro atoms. The average molecular weight is 437 g/mol. The Morgan fingerprint density at radius 3 is 2.59 bits per heavy atom. The van der Waals surface area contributed by atoms with Crippen LogP contribution in [0.15, 0.2) is 65.3 Å². The van der Waals surface area contributed by atoms with E-state index in [9.17, 15) is 19.3 Å². The third-order valence-electron chi connectivity index (χ3n) is 5.89. The van der Waals surface area contributed by atoms with Gasteiger partial charge in [-0.1, -0.05) is 24.3 Å². The van der Waals surface area contributed by atoms with E-state index in [4.69, 9.17) is 4.42 Å². The molecule has 0 bridgehead atoms. The highest BCUT2D eigenvalue weighted by Crippen LogP contribution is 2.29. The van der Waals surface area contributed by atoms with Crippen molar-refractivity contribution in [3.8, 4) is 0 Å². The molecule has 166 valence electrons. The van der Waals surface area contributed by atoms with Crippen LogP contribution in [0.5, 0.6) is 0 Å². The lowest BCUT2D eigenvalue weighted by atomic mass is 10.0. The number of nitro groups is 1. The minimum absolute atomic E-state index is 0.111. The molecule has 1 aliphatic rings. The molecule has 0 radical (unpaired) electrons. The summed E-state index contributed by atoms with van der Waals surface area (Å²) in [5, 5.41) is 11.3. The van der Waals surface area contributed by atoms with E-state index >= 15 is 0 Å². The van der Waals surface area contributed by atoms with Crippen molar-refractivity contribution in [2.45, 2.75) is 32.4 Å². The summed E-state index contributed by atoms with van der Waals surface area (Å²) >= 11 is 0. The van der Waals surface area contributed by atoms with Gasteiger partial charge in [-0.3, -0.25) is 19.8 Å². The zero-order valence-corrected chi connectivity index (χ0v) is 17.7. The number of nitrogens with zero attached hydrogens (tertiary/aromatic N) is 3. The Hall–Kier alpha value is -3.52. The fraction of sp³-hybridized carbons (Fsp3) is 0.292. The largest absolute Gasteiger partial charge is 0.459 e. The number of likely N-dealkylation sites (tertiary alicyclic amines) is 1. The zero-order chi connectivity index (χ0) is 22.7. The van der Waals surface area contributed by atoms with Gasteiger partial charge in [0.15, 0.2) is 5.76 Å². The van der Waals surface area contributed by atoms with Crippen LogP contribution in [0.2, 0.25) is 0 Å². The van der Waals surface area contributed by atoms with Crippen LogP contribution in [0.3, 0.4) is 0 Å². The molecule has 7 nitrogen and oxygen atoms in total. The molecule has 2 aromatic carbocycles. The van der Waals surface area contributed by atoms with Crippen LogP contribution in [0.25, 0.3) is 0 Å². The number of halogens is 1. The molecule has 4 rings (SSSR count). The van der Waals surface area contributed by atoms with E-state index in [1.807, 2.05) is 0 Å². The smallest absolute Gasteiger partial charge is 0.294 e. The molecule has 2 heterocycles. The number of anilines is 1. The van der Waals surface area contributed by atoms with Gasteiger partial charge in [-0.2, -0.15) is 0 Å². The number of carbonyl (C=O) groups excluding carboxylic acids is 1. The van der Waals surface area contributed by atoms with E-state index < -0.39 is 0 Å². The number of piperidine rings is 1. The highest BCUT2D eigenvalue weighted by atomic mass is 19.1. The van der Waals surface area contributed by atoms with Gasteiger partial charge in [-0.15, -0.1) is 0 Å². The lowest BCUT2D eigenvalue weighted by Crippen LogP contribution is -2.47. The number of amides is 1. The second-order valence-corrected chi connectivity index (χ2v) is 7.98. The van der Waals surface area contributed by atoms with Crippen LogP contribution < -0.4 is 4.90 Å². The summed E-state index contributed by atoms with van der Waals surface area (Å²) < 4.78 is 19.6. The summed E-state index contributed by atoms with van der Waals surface area (Å²) in [5.41, 5.74) is 1.78. The Kier molecular flexibility index (Phi) is 6.32. The molecule has 0 aliphatic carbocycles. The van der Waals surface area contributed by atoms with Crippen molar-refractivity contribution in [3.05, 3.63) is 93.7 Å². The zero-order valence-electron chi connectivity index (χ0n) is 17.7. The van der Waals surface area contributed by atoms with Gasteiger partial charge in [0.2, 0.25) is 0 Å². The number of benzene rings is 2. The molecular weight excluding hydrogens is 413 g/mol. The van der Waals surface area contributed by atoms with Crippen molar-refractivity contribution in [2.24, 2.45) is 0 Å². The first-order valence-electron chi connectivity index (χ1n) is 10.5. The first kappa shape index (κ1) is 21.7. The summed E-state index contributed by atoms with van der Waals surface area (Å²) in [7, 11) is 0. The van der Waals surface area contributed by atoms with Crippen LogP contribution in [0.1, 0.15) is 34.5 Å². The molecule has 0 atom stereocenters. The molecule has 0 unspecified atom stereocenters. The summed E-state index contributed by atoms with van der Waals surface area (Å²) in [6.07, 6.45) is 2.75. The van der Waals surface area contributed by atoms with Crippen molar-refractivity contribution < 1.29 is 18.5 Å². The third kappa shape index (κ3) is 4.55. The molecule has 1 aliphatic heterocycles. The van der Waals surface area contributed by atoms with Crippen LogP contribution in [-0.2, 0) is 6.54 Å². The standard InChI is InChI=1S/C24H24FN3O4/c1-17-8-9-20(15-21(17)25)27(24(29)23-7-4-14-32-23)19-10-12-26(13-11-19)16-18-5-2-3-6-22(18)28(30)31/h2-9,14-15,19H,10-13,16H2,1H3. The molecule has 32 heavy (non-hydrogen) atoms. The number of para-hydroxylation sites is 1. The molecule has 0 N–H and O–H groups in total. The molecule has 3 aromatic rings. The first-order valence-corrected chi connectivity index (χ1v) is 10.5. The summed E-state index contributed by atoms with van der Waals surface area (Å²) in [5.74, 6) is -0.475. The van der Waals surface area contributed by atoms with Crippen molar-refractivity contribution in [1.29, 1.82) is 0 Å². The monoisotopic (exact) mass is 437 g/mol. The molecule has 1 fully saturated rings. The maximum absolute atomic E-state index is 14.3. The molecule has 1 amide bonds. The SMILES string of the molecule is Cc1ccc(N(C(=O)c2ccco2)C2CCN(Cc3ccccc3[N+](=O)[O-])CC2)cc1F. The van der Waals surface area contributed by atoms with E-state index in [0.717, 1.165) is 0 Å². The fourth-order valence-corrected chi connectivity index (χ4v) is 4.14. The quantitative estimate of drug-likeness (QED) is 0.403. The van der Waals surface area contributed by atoms with Crippen LogP contribution in [0.4, 0.5) is 15.8 Å². The summed E-state index contributed by atoms with van der Waals surface area (Å²) in [6.45, 7) is 3.47. The van der Waals surface area contributed by atoms with Gasteiger partial charge >= 0.3 is 0 Å². The van der Waals surface area contributed by atoms with Crippen molar-refractivity contribution in [1.82, 2.24) is 4.90 Å². The number of nitro benzene ring substituents is 1. The van der Waals surface area contributed by atoms with E-state index in [-0.39, 0.29) is 34.1 Å². The van der Waals surface area contributed by atoms with Crippen LogP contribution in [-0.4, -0.2) is 34.9 Å². The molecule has 1 saturated heterocycles. The fourth-order valence-electron chi connectivity index (χ4n) is 4.14. The van der Waals surface area contributed by atoms with Crippen LogP contribution in [0, 0.1) is 22.9 Å². The number of hydrogen-bond acceptors (Lipinski definition) is 5. The predicted octanol–water partition coefficient (Wildman–Crippen LogP) is 4.95. The Balaban J connectivity index is 1.52. The highest BCUT2D eigenvalue weighted by molar-refractivity contribution is 6.04. The first-order chi connectivity index (χ1) is 15.4. The van der Waals surface area contributed by atoms with E-state index in [1.165, 1.54) is 18.4 Å². The molecule has 0 saturated carbocycles. The van der Waals surface area contributed by atoms with Gasteiger partial charge in [0.05, 0.1) is 11.2 Å². The highest BCUT2D eigenvalue weighted by Gasteiger charge is 2.32. The predicted molar refractivity (Wildman–Crippen MR) is 118 cm³/mol. The van der Waals surface area contributed by atoms with Crippen LogP contribution >= 0.6 is 0 Å². The van der Waals surface area contributed by atoms with Gasteiger partial charge < -0.3 is 9.32 Å². The normalized spacial score (nSPS) is 14.9. The van der Waals surface area contributed by atoms with Gasteiger partial charge in [-0.25, -0.2) is 4.39 Å². The minimum atomic E-state index is -0.367. The number of furan rings is 1. The minimum Gasteiger partial charge on any atom is -0.459 e. The Morgan fingerprint density at radius 2 is 1.94 bits per heavy atom. The van der Waals surface area contributed by atoms with Crippen molar-refractivity contribution >= 4 is 17.3 Å². The van der Waals surface area contributed by atoms with Gasteiger partial charge in [0.1, 0.15) is 5.82 Å². The maximum Gasteiger partial charge on any atom is 0.294 e. The molecular formula is C24H24FN3O4. The van der Waals surface area contributed by atoms with E-state index in [0.29, 0.717) is 49.3 Å². The summed E-state index contributed by atoms with van der Waals surface area (Å²) in [6, 6.07) is 14.6. The Morgan fingerprint density at radius 1 is 1.19 bits per heavy atom. The number of rotatable bonds is 6. The molecule has 1 aromatic heterocycles. The van der Waals surface area contributed by atoms with Crippen molar-refractivity contribution in [3.63, 3.8) is 0 Å². The average Bonchev–Trinajstić information content (AvgIpc) is 3.33. The summed E-state index contributed by atoms with van der Waals surface area (Å²) in [4.78, 5) is 27.9. The Bertz CT molecular complexity index is 1110. The lowest BCUT2D eigenvalue weighted by Gasteiger charge is -2.38. The van der Waals surface area contributed by atoms with Crippen molar-refractivity contribution in [2.75, 3.05) is 18.0 Å². The number of aryl methyl sites for hydroxylation is 1.